The molecule has 4 N–H and O–H groups in total. The number of anilines is 1. The number of hydrogen-bond acceptors (Lipinski definition) is 6. The number of aliphatic hydroxyl groups is 1. The zero-order valence-corrected chi connectivity index (χ0v) is 15.8. The first-order valence-electron chi connectivity index (χ1n) is 9.29. The van der Waals surface area contributed by atoms with Crippen LogP contribution in [0.5, 0.6) is 0 Å². The number of aromatic carboxylic acids is 1. The van der Waals surface area contributed by atoms with E-state index in [2.05, 4.69) is 4.98 Å². The third-order valence-electron chi connectivity index (χ3n) is 6.27. The molecular weight excluding hydrogens is 367 g/mol. The average Bonchev–Trinajstić information content (AvgIpc) is 3.43. The Morgan fingerprint density at radius 1 is 1.43 bits per heavy atom. The van der Waals surface area contributed by atoms with Gasteiger partial charge in [-0.05, 0) is 39.2 Å². The molecule has 2 aromatic rings. The van der Waals surface area contributed by atoms with E-state index in [1.165, 1.54) is 6.20 Å². The van der Waals surface area contributed by atoms with Crippen LogP contribution in [0.4, 0.5) is 10.2 Å². The van der Waals surface area contributed by atoms with Crippen molar-refractivity contribution in [3.05, 3.63) is 33.9 Å². The minimum atomic E-state index is -1.35. The maximum absolute atomic E-state index is 15.0. The second-order valence-electron chi connectivity index (χ2n) is 8.18. The minimum Gasteiger partial charge on any atom is -0.477 e. The molecule has 3 heterocycles. The van der Waals surface area contributed by atoms with Crippen molar-refractivity contribution in [1.82, 2.24) is 9.55 Å². The highest BCUT2D eigenvalue weighted by molar-refractivity contribution is 5.92. The van der Waals surface area contributed by atoms with E-state index >= 15 is 4.39 Å². The Morgan fingerprint density at radius 2 is 2.11 bits per heavy atom. The third kappa shape index (κ3) is 2.53. The summed E-state index contributed by atoms with van der Waals surface area (Å²) in [5, 5.41) is 20.1. The Bertz CT molecular complexity index is 1050. The standard InChI is InChI=1S/C19H23FN4O4/c1-18(2)19(28,9-21)5-6-24(18)16-13(20)7-11-14(25)12(17(26)27)8-23(10-3-4-10)15(11)22-16/h7-8,10,28H,3-6,9,21H2,1-2H3,(H,26,27). The van der Waals surface area contributed by atoms with Crippen LogP contribution in [0.3, 0.4) is 0 Å². The van der Waals surface area contributed by atoms with Crippen molar-refractivity contribution in [3.63, 3.8) is 0 Å². The molecule has 0 bridgehead atoms. The molecule has 1 aliphatic heterocycles. The van der Waals surface area contributed by atoms with Gasteiger partial charge in [-0.25, -0.2) is 14.2 Å². The summed E-state index contributed by atoms with van der Waals surface area (Å²) in [5.74, 6) is -2.05. The summed E-state index contributed by atoms with van der Waals surface area (Å²) in [6, 6.07) is 1.10. The number of halogens is 1. The Hall–Kier alpha value is -2.52. The fourth-order valence-electron chi connectivity index (χ4n) is 4.07. The fourth-order valence-corrected chi connectivity index (χ4v) is 4.07. The summed E-state index contributed by atoms with van der Waals surface area (Å²) in [5.41, 5.74) is 2.80. The molecule has 2 aliphatic rings. The van der Waals surface area contributed by atoms with Crippen LogP contribution in [0.15, 0.2) is 17.1 Å². The molecule has 4 rings (SSSR count). The number of carboxylic acid groups (broad SMARTS) is 1. The number of hydrogen-bond donors (Lipinski definition) is 3. The maximum Gasteiger partial charge on any atom is 0.341 e. The molecule has 1 atom stereocenters. The van der Waals surface area contributed by atoms with Crippen molar-refractivity contribution < 1.29 is 19.4 Å². The van der Waals surface area contributed by atoms with E-state index in [-0.39, 0.29) is 29.4 Å². The summed E-state index contributed by atoms with van der Waals surface area (Å²) < 4.78 is 16.7. The van der Waals surface area contributed by atoms with Crippen LogP contribution >= 0.6 is 0 Å². The van der Waals surface area contributed by atoms with Gasteiger partial charge in [-0.2, -0.15) is 0 Å². The Kier molecular flexibility index (Phi) is 4.03. The number of aromatic nitrogens is 2. The van der Waals surface area contributed by atoms with Crippen molar-refractivity contribution in [2.45, 2.75) is 50.3 Å². The van der Waals surface area contributed by atoms with Crippen LogP contribution in [-0.2, 0) is 0 Å². The fraction of sp³-hybridized carbons (Fsp3) is 0.526. The van der Waals surface area contributed by atoms with Crippen molar-refractivity contribution >= 4 is 22.8 Å². The summed E-state index contributed by atoms with van der Waals surface area (Å²) in [6.07, 6.45) is 3.34. The first kappa shape index (κ1) is 18.8. The Morgan fingerprint density at radius 3 is 2.64 bits per heavy atom. The van der Waals surface area contributed by atoms with E-state index in [1.54, 1.807) is 23.3 Å². The van der Waals surface area contributed by atoms with Crippen LogP contribution in [0.25, 0.3) is 11.0 Å². The van der Waals surface area contributed by atoms with Crippen molar-refractivity contribution in [1.29, 1.82) is 0 Å². The normalized spacial score (nSPS) is 24.1. The monoisotopic (exact) mass is 390 g/mol. The highest BCUT2D eigenvalue weighted by Crippen LogP contribution is 2.42. The van der Waals surface area contributed by atoms with E-state index in [0.717, 1.165) is 18.9 Å². The second kappa shape index (κ2) is 5.99. The average molecular weight is 390 g/mol. The zero-order chi connectivity index (χ0) is 20.4. The largest absolute Gasteiger partial charge is 0.477 e. The minimum absolute atomic E-state index is 0.0266. The first-order chi connectivity index (χ1) is 13.1. The van der Waals surface area contributed by atoms with Crippen LogP contribution < -0.4 is 16.1 Å². The quantitative estimate of drug-likeness (QED) is 0.718. The summed E-state index contributed by atoms with van der Waals surface area (Å²) in [4.78, 5) is 30.1. The van der Waals surface area contributed by atoms with Crippen molar-refractivity contribution in [2.75, 3.05) is 18.0 Å². The molecular formula is C19H23FN4O4. The van der Waals surface area contributed by atoms with E-state index in [4.69, 9.17) is 5.73 Å². The molecule has 8 nitrogen and oxygen atoms in total. The molecule has 28 heavy (non-hydrogen) atoms. The van der Waals surface area contributed by atoms with E-state index in [0.29, 0.717) is 13.0 Å². The molecule has 1 unspecified atom stereocenters. The number of fused-ring (bicyclic) bond motifs is 1. The number of carbonyl (C=O) groups is 1. The molecule has 0 aromatic carbocycles. The molecule has 1 saturated carbocycles. The number of rotatable bonds is 4. The lowest BCUT2D eigenvalue weighted by Gasteiger charge is -2.41. The van der Waals surface area contributed by atoms with Gasteiger partial charge >= 0.3 is 5.97 Å². The maximum atomic E-state index is 15.0. The lowest BCUT2D eigenvalue weighted by atomic mass is 9.83. The Labute approximate surface area is 160 Å². The van der Waals surface area contributed by atoms with Gasteiger partial charge in [-0.3, -0.25) is 4.79 Å². The number of pyridine rings is 2. The van der Waals surface area contributed by atoms with E-state index < -0.39 is 33.9 Å². The van der Waals surface area contributed by atoms with Gasteiger partial charge in [0.2, 0.25) is 5.43 Å². The lowest BCUT2D eigenvalue weighted by Crippen LogP contribution is -2.57. The summed E-state index contributed by atoms with van der Waals surface area (Å²) in [7, 11) is 0. The van der Waals surface area contributed by atoms with Gasteiger partial charge in [0.15, 0.2) is 11.6 Å². The van der Waals surface area contributed by atoms with Crippen LogP contribution in [0.2, 0.25) is 0 Å². The van der Waals surface area contributed by atoms with Crippen molar-refractivity contribution in [3.8, 4) is 0 Å². The number of nitrogens with two attached hydrogens (primary N) is 1. The van der Waals surface area contributed by atoms with Gasteiger partial charge < -0.3 is 25.4 Å². The molecule has 0 spiro atoms. The van der Waals surface area contributed by atoms with E-state index in [1.807, 2.05) is 0 Å². The molecule has 1 aliphatic carbocycles. The lowest BCUT2D eigenvalue weighted by molar-refractivity contribution is 0.00767. The van der Waals surface area contributed by atoms with Crippen molar-refractivity contribution in [2.24, 2.45) is 5.73 Å². The number of nitrogens with zero attached hydrogens (tertiary/aromatic N) is 3. The zero-order valence-electron chi connectivity index (χ0n) is 15.8. The summed E-state index contributed by atoms with van der Waals surface area (Å²) >= 11 is 0. The molecule has 1 saturated heterocycles. The van der Waals surface area contributed by atoms with Crippen LogP contribution in [0.1, 0.15) is 49.5 Å². The molecule has 9 heteroatoms. The smallest absolute Gasteiger partial charge is 0.341 e. The highest BCUT2D eigenvalue weighted by Gasteiger charge is 2.52. The van der Waals surface area contributed by atoms with Gasteiger partial charge in [-0.1, -0.05) is 0 Å². The predicted molar refractivity (Wildman–Crippen MR) is 101 cm³/mol. The van der Waals surface area contributed by atoms with Gasteiger partial charge in [0.25, 0.3) is 0 Å². The molecule has 150 valence electrons. The molecule has 0 amide bonds. The molecule has 0 radical (unpaired) electrons. The van der Waals surface area contributed by atoms with Gasteiger partial charge in [0.1, 0.15) is 16.8 Å². The highest BCUT2D eigenvalue weighted by atomic mass is 19.1. The van der Waals surface area contributed by atoms with Gasteiger partial charge in [0, 0.05) is 25.3 Å². The predicted octanol–water partition coefficient (Wildman–Crippen LogP) is 1.25. The van der Waals surface area contributed by atoms with Gasteiger partial charge in [-0.15, -0.1) is 0 Å². The first-order valence-corrected chi connectivity index (χ1v) is 9.29. The van der Waals surface area contributed by atoms with Gasteiger partial charge in [0.05, 0.1) is 10.9 Å². The third-order valence-corrected chi connectivity index (χ3v) is 6.27. The second-order valence-corrected chi connectivity index (χ2v) is 8.18. The van der Waals surface area contributed by atoms with Crippen LogP contribution in [0, 0.1) is 5.82 Å². The SMILES string of the molecule is CC1(C)N(c2nc3c(cc2F)c(=O)c(C(=O)O)cn3C2CC2)CCC1(O)CN. The summed E-state index contributed by atoms with van der Waals surface area (Å²) in [6.45, 7) is 3.94. The molecule has 2 fully saturated rings. The topological polar surface area (TPSA) is 122 Å². The van der Waals surface area contributed by atoms with E-state index in [9.17, 15) is 19.8 Å². The molecule has 2 aromatic heterocycles. The number of carboxylic acids is 1. The van der Waals surface area contributed by atoms with Crippen LogP contribution in [-0.4, -0.2) is 50.0 Å². The Balaban J connectivity index is 1.94.